The summed E-state index contributed by atoms with van der Waals surface area (Å²) >= 11 is 0. The first-order valence-corrected chi connectivity index (χ1v) is 8.16. The van der Waals surface area contributed by atoms with Gasteiger partial charge in [0.2, 0.25) is 0 Å². The number of carbonyl (C=O) groups excluding carboxylic acids is 1. The highest BCUT2D eigenvalue weighted by Crippen LogP contribution is 2.20. The Bertz CT molecular complexity index is 910. The number of rotatable bonds is 6. The molecule has 3 aromatic rings. The van der Waals surface area contributed by atoms with Crippen LogP contribution >= 0.6 is 0 Å². The summed E-state index contributed by atoms with van der Waals surface area (Å²) < 4.78 is 20.7. The topological polar surface area (TPSA) is 69.0 Å². The molecule has 0 bridgehead atoms. The van der Waals surface area contributed by atoms with Crippen LogP contribution < -0.4 is 10.1 Å². The van der Waals surface area contributed by atoms with Gasteiger partial charge in [-0.2, -0.15) is 5.10 Å². The maximum atomic E-state index is 13.6. The smallest absolute Gasteiger partial charge is 0.261 e. The van der Waals surface area contributed by atoms with E-state index in [1.807, 2.05) is 19.3 Å². The number of pyridine rings is 1. The first kappa shape index (κ1) is 17.6. The Kier molecular flexibility index (Phi) is 5.26. The van der Waals surface area contributed by atoms with Gasteiger partial charge in [-0.3, -0.25) is 14.5 Å². The number of nitrogens with zero attached hydrogens (tertiary/aromatic N) is 3. The molecule has 0 saturated carbocycles. The van der Waals surface area contributed by atoms with Crippen LogP contribution in [-0.2, 0) is 18.4 Å². The van der Waals surface area contributed by atoms with Gasteiger partial charge in [-0.1, -0.05) is 18.2 Å². The molecule has 1 amide bonds. The minimum atomic E-state index is -0.828. The van der Waals surface area contributed by atoms with Crippen molar-refractivity contribution in [3.8, 4) is 17.0 Å². The van der Waals surface area contributed by atoms with Crippen LogP contribution in [0.25, 0.3) is 11.3 Å². The first-order valence-electron chi connectivity index (χ1n) is 8.16. The predicted octanol–water partition coefficient (Wildman–Crippen LogP) is 2.70. The Labute approximate surface area is 150 Å². The number of aryl methyl sites for hydroxylation is 1. The number of amides is 1. The van der Waals surface area contributed by atoms with Gasteiger partial charge in [0.15, 0.2) is 17.7 Å². The van der Waals surface area contributed by atoms with Gasteiger partial charge in [-0.05, 0) is 30.7 Å². The fourth-order valence-corrected chi connectivity index (χ4v) is 2.50. The van der Waals surface area contributed by atoms with Crippen LogP contribution in [0.5, 0.6) is 5.75 Å². The highest BCUT2D eigenvalue weighted by molar-refractivity contribution is 5.81. The molecule has 1 atom stereocenters. The molecule has 0 radical (unpaired) electrons. The van der Waals surface area contributed by atoms with Crippen LogP contribution in [-0.4, -0.2) is 26.8 Å². The summed E-state index contributed by atoms with van der Waals surface area (Å²) in [5, 5.41) is 6.95. The molecule has 7 heteroatoms. The van der Waals surface area contributed by atoms with E-state index in [1.54, 1.807) is 42.2 Å². The maximum Gasteiger partial charge on any atom is 0.261 e. The second-order valence-electron chi connectivity index (χ2n) is 5.82. The van der Waals surface area contributed by atoms with Crippen molar-refractivity contribution in [3.63, 3.8) is 0 Å². The Morgan fingerprint density at radius 3 is 2.85 bits per heavy atom. The van der Waals surface area contributed by atoms with Gasteiger partial charge in [-0.25, -0.2) is 4.39 Å². The summed E-state index contributed by atoms with van der Waals surface area (Å²) in [7, 11) is 1.83. The minimum absolute atomic E-state index is 0.0487. The zero-order valence-corrected chi connectivity index (χ0v) is 14.5. The highest BCUT2D eigenvalue weighted by Gasteiger charge is 2.17. The van der Waals surface area contributed by atoms with E-state index in [0.717, 1.165) is 16.8 Å². The molecule has 0 aliphatic rings. The Balaban J connectivity index is 1.66. The third kappa shape index (κ3) is 4.05. The van der Waals surface area contributed by atoms with E-state index in [2.05, 4.69) is 15.4 Å². The molecule has 0 aliphatic heterocycles. The Hall–Kier alpha value is -3.22. The quantitative estimate of drug-likeness (QED) is 0.739. The molecular formula is C19H19FN4O2. The molecule has 0 fully saturated rings. The number of halogens is 1. The van der Waals surface area contributed by atoms with Gasteiger partial charge in [0.25, 0.3) is 5.91 Å². The van der Waals surface area contributed by atoms with E-state index in [-0.39, 0.29) is 18.2 Å². The SMILES string of the molecule is CC(Oc1ccccc1F)C(=O)NCc1cccnc1-c1cnn(C)c1. The normalized spacial score (nSPS) is 11.8. The third-order valence-electron chi connectivity index (χ3n) is 3.83. The van der Waals surface area contributed by atoms with Gasteiger partial charge in [0, 0.05) is 31.5 Å². The summed E-state index contributed by atoms with van der Waals surface area (Å²) in [5.41, 5.74) is 2.48. The molecule has 0 aliphatic carbocycles. The van der Waals surface area contributed by atoms with Crippen LogP contribution in [0.1, 0.15) is 12.5 Å². The zero-order chi connectivity index (χ0) is 18.5. The number of carbonyl (C=O) groups is 1. The number of benzene rings is 1. The van der Waals surface area contributed by atoms with Crippen molar-refractivity contribution >= 4 is 5.91 Å². The average Bonchev–Trinajstić information content (AvgIpc) is 3.08. The fraction of sp³-hybridized carbons (Fsp3) is 0.211. The molecule has 1 N–H and O–H groups in total. The van der Waals surface area contributed by atoms with Crippen molar-refractivity contribution in [3.05, 3.63) is 66.4 Å². The minimum Gasteiger partial charge on any atom is -0.478 e. The van der Waals surface area contributed by atoms with Gasteiger partial charge in [0.05, 0.1) is 11.9 Å². The molecule has 2 heterocycles. The molecular weight excluding hydrogens is 335 g/mol. The molecule has 6 nitrogen and oxygen atoms in total. The molecule has 1 unspecified atom stereocenters. The van der Waals surface area contributed by atoms with Gasteiger partial charge in [-0.15, -0.1) is 0 Å². The third-order valence-corrected chi connectivity index (χ3v) is 3.83. The lowest BCUT2D eigenvalue weighted by molar-refractivity contribution is -0.127. The molecule has 134 valence electrons. The first-order chi connectivity index (χ1) is 12.5. The van der Waals surface area contributed by atoms with Crippen molar-refractivity contribution in [2.24, 2.45) is 7.05 Å². The van der Waals surface area contributed by atoms with E-state index < -0.39 is 11.9 Å². The Morgan fingerprint density at radius 1 is 1.31 bits per heavy atom. The van der Waals surface area contributed by atoms with Crippen LogP contribution in [0.3, 0.4) is 0 Å². The second-order valence-corrected chi connectivity index (χ2v) is 5.82. The highest BCUT2D eigenvalue weighted by atomic mass is 19.1. The van der Waals surface area contributed by atoms with Crippen LogP contribution in [0.4, 0.5) is 4.39 Å². The maximum absolute atomic E-state index is 13.6. The number of nitrogens with one attached hydrogen (secondary N) is 1. The summed E-state index contributed by atoms with van der Waals surface area (Å²) in [5.74, 6) is -0.792. The summed E-state index contributed by atoms with van der Waals surface area (Å²) in [6.45, 7) is 1.86. The summed E-state index contributed by atoms with van der Waals surface area (Å²) in [6, 6.07) is 9.68. The molecule has 1 aromatic carbocycles. The van der Waals surface area contributed by atoms with Gasteiger partial charge < -0.3 is 10.1 Å². The summed E-state index contributed by atoms with van der Waals surface area (Å²) in [6.07, 6.45) is 4.44. The van der Waals surface area contributed by atoms with E-state index in [9.17, 15) is 9.18 Å². The largest absolute Gasteiger partial charge is 0.478 e. The number of hydrogen-bond donors (Lipinski definition) is 1. The molecule has 0 spiro atoms. The van der Waals surface area contributed by atoms with Gasteiger partial charge >= 0.3 is 0 Å². The lowest BCUT2D eigenvalue weighted by atomic mass is 10.1. The lowest BCUT2D eigenvalue weighted by Gasteiger charge is -2.15. The molecule has 3 rings (SSSR count). The van der Waals surface area contributed by atoms with Crippen LogP contribution in [0.15, 0.2) is 55.0 Å². The van der Waals surface area contributed by atoms with Crippen molar-refractivity contribution in [2.75, 3.05) is 0 Å². The van der Waals surface area contributed by atoms with Crippen molar-refractivity contribution in [2.45, 2.75) is 19.6 Å². The van der Waals surface area contributed by atoms with Gasteiger partial charge in [0.1, 0.15) is 0 Å². The fourth-order valence-electron chi connectivity index (χ4n) is 2.50. The Morgan fingerprint density at radius 2 is 2.12 bits per heavy atom. The average molecular weight is 354 g/mol. The predicted molar refractivity (Wildman–Crippen MR) is 94.8 cm³/mol. The van der Waals surface area contributed by atoms with E-state index >= 15 is 0 Å². The standard InChI is InChI=1S/C19H19FN4O2/c1-13(26-17-8-4-3-7-16(17)20)19(25)22-10-14-6-5-9-21-18(14)15-11-23-24(2)12-15/h3-9,11-13H,10H2,1-2H3,(H,22,25). The van der Waals surface area contributed by atoms with E-state index in [4.69, 9.17) is 4.74 Å². The second kappa shape index (κ2) is 7.77. The van der Waals surface area contributed by atoms with E-state index in [1.165, 1.54) is 12.1 Å². The van der Waals surface area contributed by atoms with Crippen LogP contribution in [0.2, 0.25) is 0 Å². The molecule has 26 heavy (non-hydrogen) atoms. The molecule has 2 aromatic heterocycles. The van der Waals surface area contributed by atoms with Crippen molar-refractivity contribution < 1.29 is 13.9 Å². The van der Waals surface area contributed by atoms with Crippen molar-refractivity contribution in [1.82, 2.24) is 20.1 Å². The van der Waals surface area contributed by atoms with E-state index in [0.29, 0.717) is 0 Å². The summed E-state index contributed by atoms with van der Waals surface area (Å²) in [4.78, 5) is 16.7. The van der Waals surface area contributed by atoms with Crippen LogP contribution in [0, 0.1) is 5.82 Å². The molecule has 0 saturated heterocycles. The number of aromatic nitrogens is 3. The van der Waals surface area contributed by atoms with Crippen molar-refractivity contribution in [1.29, 1.82) is 0 Å². The number of para-hydroxylation sites is 1. The monoisotopic (exact) mass is 354 g/mol. The number of ether oxygens (including phenoxy) is 1. The number of hydrogen-bond acceptors (Lipinski definition) is 4. The lowest BCUT2D eigenvalue weighted by Crippen LogP contribution is -2.36. The zero-order valence-electron chi connectivity index (χ0n) is 14.5.